The first-order chi connectivity index (χ1) is 10.1. The Labute approximate surface area is 129 Å². The number of ether oxygens (including phenoxy) is 1. The van der Waals surface area contributed by atoms with Crippen LogP contribution < -0.4 is 4.74 Å². The minimum absolute atomic E-state index is 0.0371. The molecule has 0 saturated carbocycles. The Morgan fingerprint density at radius 2 is 2.14 bits per heavy atom. The average molecular weight is 304 g/mol. The number of methoxy groups -OCH3 is 1. The summed E-state index contributed by atoms with van der Waals surface area (Å²) in [5.74, 6) is 0.827. The highest BCUT2D eigenvalue weighted by molar-refractivity contribution is 8.18. The molecule has 0 bridgehead atoms. The number of benzene rings is 1. The Bertz CT molecular complexity index is 608. The SMILES string of the molecule is CCN=C1S/C(=C(/C)c2cccc(OC)c2)C(=O)N1CC. The third-order valence-corrected chi connectivity index (χ3v) is 4.53. The molecule has 1 fully saturated rings. The van der Waals surface area contributed by atoms with Gasteiger partial charge in [-0.2, -0.15) is 0 Å². The quantitative estimate of drug-likeness (QED) is 0.801. The summed E-state index contributed by atoms with van der Waals surface area (Å²) in [5.41, 5.74) is 1.96. The number of nitrogens with zero attached hydrogens (tertiary/aromatic N) is 2. The Kier molecular flexibility index (Phi) is 5.07. The maximum Gasteiger partial charge on any atom is 0.266 e. The van der Waals surface area contributed by atoms with Gasteiger partial charge in [0.1, 0.15) is 5.75 Å². The van der Waals surface area contributed by atoms with Crippen molar-refractivity contribution < 1.29 is 9.53 Å². The number of rotatable bonds is 4. The Morgan fingerprint density at radius 3 is 2.76 bits per heavy atom. The molecule has 0 atom stereocenters. The highest BCUT2D eigenvalue weighted by Crippen LogP contribution is 2.36. The smallest absolute Gasteiger partial charge is 0.266 e. The van der Waals surface area contributed by atoms with Crippen LogP contribution in [-0.2, 0) is 4.79 Å². The molecule has 112 valence electrons. The summed E-state index contributed by atoms with van der Waals surface area (Å²) in [6.07, 6.45) is 0. The fourth-order valence-corrected chi connectivity index (χ4v) is 3.32. The molecule has 0 unspecified atom stereocenters. The van der Waals surface area contributed by atoms with Crippen LogP contribution in [0.25, 0.3) is 5.57 Å². The van der Waals surface area contributed by atoms with E-state index in [-0.39, 0.29) is 5.91 Å². The van der Waals surface area contributed by atoms with Gasteiger partial charge in [0.25, 0.3) is 5.91 Å². The first-order valence-corrected chi connectivity index (χ1v) is 7.83. The molecule has 1 amide bonds. The topological polar surface area (TPSA) is 41.9 Å². The van der Waals surface area contributed by atoms with Gasteiger partial charge in [-0.1, -0.05) is 12.1 Å². The molecule has 1 aliphatic rings. The average Bonchev–Trinajstić information content (AvgIpc) is 2.82. The Hall–Kier alpha value is -1.75. The van der Waals surface area contributed by atoms with Crippen molar-refractivity contribution in [3.8, 4) is 5.75 Å². The second-order valence-electron chi connectivity index (χ2n) is 4.59. The number of carbonyl (C=O) groups is 1. The third-order valence-electron chi connectivity index (χ3n) is 3.32. The number of hydrogen-bond donors (Lipinski definition) is 0. The molecule has 0 radical (unpaired) electrons. The van der Waals surface area contributed by atoms with Gasteiger partial charge in [0, 0.05) is 13.1 Å². The lowest BCUT2D eigenvalue weighted by molar-refractivity contribution is -0.122. The number of carbonyl (C=O) groups excluding carboxylic acids is 1. The number of aliphatic imine (C=N–C) groups is 1. The van der Waals surface area contributed by atoms with Crippen molar-refractivity contribution in [2.24, 2.45) is 4.99 Å². The second kappa shape index (κ2) is 6.80. The first-order valence-electron chi connectivity index (χ1n) is 7.01. The van der Waals surface area contributed by atoms with Crippen LogP contribution in [0.15, 0.2) is 34.2 Å². The molecule has 21 heavy (non-hydrogen) atoms. The van der Waals surface area contributed by atoms with E-state index in [1.807, 2.05) is 45.0 Å². The lowest BCUT2D eigenvalue weighted by Gasteiger charge is -2.11. The second-order valence-corrected chi connectivity index (χ2v) is 5.57. The summed E-state index contributed by atoms with van der Waals surface area (Å²) in [6.45, 7) is 7.23. The number of likely N-dealkylation sites (N-methyl/N-ethyl adjacent to an activating group) is 1. The highest BCUT2D eigenvalue weighted by Gasteiger charge is 2.33. The molecule has 1 heterocycles. The van der Waals surface area contributed by atoms with Gasteiger partial charge in [-0.15, -0.1) is 0 Å². The fourth-order valence-electron chi connectivity index (χ4n) is 2.16. The van der Waals surface area contributed by atoms with E-state index in [1.54, 1.807) is 12.0 Å². The van der Waals surface area contributed by atoms with Crippen LogP contribution in [0.3, 0.4) is 0 Å². The summed E-state index contributed by atoms with van der Waals surface area (Å²) in [6, 6.07) is 7.76. The van der Waals surface area contributed by atoms with Crippen LogP contribution in [-0.4, -0.2) is 36.2 Å². The molecule has 4 nitrogen and oxygen atoms in total. The predicted octanol–water partition coefficient (Wildman–Crippen LogP) is 3.40. The van der Waals surface area contributed by atoms with Gasteiger partial charge in [-0.05, 0) is 55.8 Å². The minimum Gasteiger partial charge on any atom is -0.497 e. The number of allylic oxidation sites excluding steroid dienone is 1. The van der Waals surface area contributed by atoms with E-state index in [0.29, 0.717) is 13.1 Å². The largest absolute Gasteiger partial charge is 0.497 e. The molecule has 1 saturated heterocycles. The van der Waals surface area contributed by atoms with Gasteiger partial charge in [0.05, 0.1) is 12.0 Å². The van der Waals surface area contributed by atoms with Gasteiger partial charge >= 0.3 is 0 Å². The molecule has 1 aromatic rings. The number of amides is 1. The zero-order valence-corrected chi connectivity index (χ0v) is 13.7. The first kappa shape index (κ1) is 15.6. The molecule has 2 rings (SSSR count). The van der Waals surface area contributed by atoms with Gasteiger partial charge in [-0.3, -0.25) is 14.7 Å². The Morgan fingerprint density at radius 1 is 1.38 bits per heavy atom. The van der Waals surface area contributed by atoms with Crippen molar-refractivity contribution in [1.29, 1.82) is 0 Å². The Balaban J connectivity index is 2.43. The summed E-state index contributed by atoms with van der Waals surface area (Å²) < 4.78 is 5.25. The molecule has 1 aliphatic heterocycles. The molecule has 0 spiro atoms. The van der Waals surface area contributed by atoms with Crippen LogP contribution in [0.2, 0.25) is 0 Å². The number of thioether (sulfide) groups is 1. The van der Waals surface area contributed by atoms with E-state index >= 15 is 0 Å². The van der Waals surface area contributed by atoms with Crippen LogP contribution in [0.4, 0.5) is 0 Å². The van der Waals surface area contributed by atoms with Crippen LogP contribution >= 0.6 is 11.8 Å². The molecule has 1 aromatic carbocycles. The van der Waals surface area contributed by atoms with Gasteiger partial charge in [0.2, 0.25) is 0 Å². The van der Waals surface area contributed by atoms with E-state index in [0.717, 1.165) is 27.0 Å². The summed E-state index contributed by atoms with van der Waals surface area (Å²) in [5, 5.41) is 0.794. The molecular weight excluding hydrogens is 284 g/mol. The van der Waals surface area contributed by atoms with Crippen LogP contribution in [0, 0.1) is 0 Å². The van der Waals surface area contributed by atoms with Crippen molar-refractivity contribution >= 4 is 28.4 Å². The van der Waals surface area contributed by atoms with Crippen molar-refractivity contribution in [2.75, 3.05) is 20.2 Å². The van der Waals surface area contributed by atoms with E-state index < -0.39 is 0 Å². The number of hydrogen-bond acceptors (Lipinski definition) is 4. The molecule has 0 aliphatic carbocycles. The standard InChI is InChI=1S/C16H20N2O2S/c1-5-17-16-18(6-2)15(19)14(21-16)11(3)12-8-7-9-13(10-12)20-4/h7-10H,5-6H2,1-4H3/b14-11-,17-16?. The molecule has 0 N–H and O–H groups in total. The van der Waals surface area contributed by atoms with E-state index in [1.165, 1.54) is 11.8 Å². The van der Waals surface area contributed by atoms with Crippen LogP contribution in [0.5, 0.6) is 5.75 Å². The van der Waals surface area contributed by atoms with E-state index in [4.69, 9.17) is 4.74 Å². The predicted molar refractivity (Wildman–Crippen MR) is 88.5 cm³/mol. The highest BCUT2D eigenvalue weighted by atomic mass is 32.2. The normalized spacial score (nSPS) is 19.3. The molecule has 5 heteroatoms. The zero-order chi connectivity index (χ0) is 15.4. The van der Waals surface area contributed by atoms with E-state index in [2.05, 4.69) is 4.99 Å². The summed E-state index contributed by atoms with van der Waals surface area (Å²) in [7, 11) is 1.64. The monoisotopic (exact) mass is 304 g/mol. The van der Waals surface area contributed by atoms with Gasteiger partial charge in [-0.25, -0.2) is 0 Å². The molecule has 0 aromatic heterocycles. The van der Waals surface area contributed by atoms with Crippen LogP contribution in [0.1, 0.15) is 26.3 Å². The third kappa shape index (κ3) is 3.13. The van der Waals surface area contributed by atoms with Crippen molar-refractivity contribution in [1.82, 2.24) is 4.90 Å². The maximum absolute atomic E-state index is 12.5. The van der Waals surface area contributed by atoms with Crippen molar-refractivity contribution in [3.63, 3.8) is 0 Å². The fraction of sp³-hybridized carbons (Fsp3) is 0.375. The lowest BCUT2D eigenvalue weighted by atomic mass is 10.1. The van der Waals surface area contributed by atoms with Crippen molar-refractivity contribution in [3.05, 3.63) is 34.7 Å². The maximum atomic E-state index is 12.5. The van der Waals surface area contributed by atoms with Gasteiger partial charge in [0.15, 0.2) is 5.17 Å². The van der Waals surface area contributed by atoms with Crippen molar-refractivity contribution in [2.45, 2.75) is 20.8 Å². The minimum atomic E-state index is 0.0371. The summed E-state index contributed by atoms with van der Waals surface area (Å²) >= 11 is 1.46. The summed E-state index contributed by atoms with van der Waals surface area (Å²) in [4.78, 5) is 19.4. The lowest BCUT2D eigenvalue weighted by Crippen LogP contribution is -2.28. The number of amidine groups is 1. The zero-order valence-electron chi connectivity index (χ0n) is 12.8. The van der Waals surface area contributed by atoms with E-state index in [9.17, 15) is 4.79 Å². The molecular formula is C16H20N2O2S. The van der Waals surface area contributed by atoms with Gasteiger partial charge < -0.3 is 4.74 Å².